The van der Waals surface area contributed by atoms with Gasteiger partial charge < -0.3 is 14.8 Å². The van der Waals surface area contributed by atoms with E-state index in [2.05, 4.69) is 10.3 Å². The molecule has 7 heteroatoms. The third-order valence-corrected chi connectivity index (χ3v) is 3.99. The standard InChI is InChI=1S/C15H12FN3O2S/c1-22-9-2-3-12(11(16)6-9)18-14-10(15(20)21)4-5-19-8-17-7-13(14)19/h2-8,18H,1H3,(H,20,21). The van der Waals surface area contributed by atoms with Crippen LogP contribution in [-0.2, 0) is 0 Å². The summed E-state index contributed by atoms with van der Waals surface area (Å²) in [7, 11) is 0. The van der Waals surface area contributed by atoms with Crippen molar-refractivity contribution in [3.8, 4) is 0 Å². The molecule has 2 heterocycles. The minimum atomic E-state index is -1.09. The van der Waals surface area contributed by atoms with Crippen LogP contribution in [0, 0.1) is 5.82 Å². The summed E-state index contributed by atoms with van der Waals surface area (Å²) in [6.07, 6.45) is 6.55. The predicted molar refractivity (Wildman–Crippen MR) is 83.6 cm³/mol. The van der Waals surface area contributed by atoms with Gasteiger partial charge in [0, 0.05) is 11.1 Å². The van der Waals surface area contributed by atoms with Crippen molar-refractivity contribution in [2.24, 2.45) is 0 Å². The van der Waals surface area contributed by atoms with Gasteiger partial charge >= 0.3 is 5.97 Å². The number of carboxylic acid groups (broad SMARTS) is 1. The molecule has 3 rings (SSSR count). The maximum absolute atomic E-state index is 14.1. The lowest BCUT2D eigenvalue weighted by molar-refractivity contribution is 0.0698. The van der Waals surface area contributed by atoms with Crippen LogP contribution in [0.15, 0.2) is 47.9 Å². The number of hydrogen-bond acceptors (Lipinski definition) is 4. The van der Waals surface area contributed by atoms with E-state index in [1.165, 1.54) is 30.1 Å². The molecule has 0 aliphatic rings. The van der Waals surface area contributed by atoms with E-state index >= 15 is 0 Å². The van der Waals surface area contributed by atoms with Crippen LogP contribution in [0.3, 0.4) is 0 Å². The molecule has 0 aliphatic heterocycles. The number of halogens is 1. The molecule has 0 fully saturated rings. The number of anilines is 2. The number of fused-ring (bicyclic) bond motifs is 1. The zero-order valence-corrected chi connectivity index (χ0v) is 12.4. The lowest BCUT2D eigenvalue weighted by Gasteiger charge is -2.12. The number of benzene rings is 1. The van der Waals surface area contributed by atoms with Crippen molar-refractivity contribution < 1.29 is 14.3 Å². The zero-order valence-electron chi connectivity index (χ0n) is 11.6. The summed E-state index contributed by atoms with van der Waals surface area (Å²) >= 11 is 1.43. The minimum Gasteiger partial charge on any atom is -0.478 e. The molecule has 1 aromatic carbocycles. The van der Waals surface area contributed by atoms with Gasteiger partial charge in [-0.2, -0.15) is 0 Å². The van der Waals surface area contributed by atoms with Gasteiger partial charge in [0.2, 0.25) is 0 Å². The molecule has 2 N–H and O–H groups in total. The number of thioether (sulfide) groups is 1. The molecular formula is C15H12FN3O2S. The van der Waals surface area contributed by atoms with Crippen LogP contribution in [0.5, 0.6) is 0 Å². The topological polar surface area (TPSA) is 66.6 Å². The number of pyridine rings is 1. The second-order valence-corrected chi connectivity index (χ2v) is 5.45. The normalized spacial score (nSPS) is 10.8. The summed E-state index contributed by atoms with van der Waals surface area (Å²) in [6.45, 7) is 0. The average Bonchev–Trinajstić information content (AvgIpc) is 2.98. The van der Waals surface area contributed by atoms with Crippen LogP contribution in [0.1, 0.15) is 10.4 Å². The fourth-order valence-corrected chi connectivity index (χ4v) is 2.59. The van der Waals surface area contributed by atoms with Gasteiger partial charge in [-0.15, -0.1) is 11.8 Å². The molecule has 22 heavy (non-hydrogen) atoms. The Morgan fingerprint density at radius 2 is 2.23 bits per heavy atom. The first-order valence-corrected chi connectivity index (χ1v) is 7.61. The second kappa shape index (κ2) is 5.69. The van der Waals surface area contributed by atoms with Crippen molar-refractivity contribution in [3.63, 3.8) is 0 Å². The maximum Gasteiger partial charge on any atom is 0.337 e. The number of imidazole rings is 1. The van der Waals surface area contributed by atoms with Gasteiger partial charge in [0.1, 0.15) is 5.82 Å². The van der Waals surface area contributed by atoms with E-state index in [0.29, 0.717) is 11.2 Å². The summed E-state index contributed by atoms with van der Waals surface area (Å²) in [4.78, 5) is 16.2. The van der Waals surface area contributed by atoms with Crippen LogP contribution in [0.2, 0.25) is 0 Å². The molecule has 0 atom stereocenters. The number of aromatic nitrogens is 2. The van der Waals surface area contributed by atoms with Crippen LogP contribution < -0.4 is 5.32 Å². The highest BCUT2D eigenvalue weighted by atomic mass is 32.2. The molecule has 0 saturated carbocycles. The van der Waals surface area contributed by atoms with E-state index in [4.69, 9.17) is 0 Å². The van der Waals surface area contributed by atoms with Crippen molar-refractivity contribution in [3.05, 3.63) is 54.4 Å². The van der Waals surface area contributed by atoms with Crippen molar-refractivity contribution in [2.45, 2.75) is 4.90 Å². The molecular weight excluding hydrogens is 305 g/mol. The van der Waals surface area contributed by atoms with Crippen molar-refractivity contribution >= 4 is 34.6 Å². The fourth-order valence-electron chi connectivity index (χ4n) is 2.16. The van der Waals surface area contributed by atoms with Gasteiger partial charge in [-0.05, 0) is 30.5 Å². The van der Waals surface area contributed by atoms with E-state index in [0.717, 1.165) is 4.90 Å². The van der Waals surface area contributed by atoms with Gasteiger partial charge in [0.05, 0.1) is 35.0 Å². The van der Waals surface area contributed by atoms with E-state index < -0.39 is 11.8 Å². The molecule has 0 unspecified atom stereocenters. The zero-order chi connectivity index (χ0) is 15.7. The summed E-state index contributed by atoms with van der Waals surface area (Å²) in [5.41, 5.74) is 1.15. The average molecular weight is 317 g/mol. The Kier molecular flexibility index (Phi) is 3.72. The number of nitrogens with zero attached hydrogens (tertiary/aromatic N) is 2. The number of carbonyl (C=O) groups is 1. The molecule has 2 aromatic heterocycles. The number of aromatic carboxylic acids is 1. The smallest absolute Gasteiger partial charge is 0.337 e. The van der Waals surface area contributed by atoms with Gasteiger partial charge in [-0.1, -0.05) is 0 Å². The molecule has 0 aliphatic carbocycles. The van der Waals surface area contributed by atoms with Crippen LogP contribution in [-0.4, -0.2) is 26.7 Å². The van der Waals surface area contributed by atoms with Crippen molar-refractivity contribution in [1.82, 2.24) is 9.38 Å². The molecule has 0 radical (unpaired) electrons. The monoisotopic (exact) mass is 317 g/mol. The largest absolute Gasteiger partial charge is 0.478 e. The first kappa shape index (κ1) is 14.4. The Hall–Kier alpha value is -2.54. The number of nitrogens with one attached hydrogen (secondary N) is 1. The number of rotatable bonds is 4. The van der Waals surface area contributed by atoms with E-state index in [1.807, 2.05) is 6.26 Å². The van der Waals surface area contributed by atoms with Gasteiger partial charge in [-0.25, -0.2) is 14.2 Å². The second-order valence-electron chi connectivity index (χ2n) is 4.57. The summed E-state index contributed by atoms with van der Waals surface area (Å²) in [6, 6.07) is 6.22. The lowest BCUT2D eigenvalue weighted by Crippen LogP contribution is -2.05. The highest BCUT2D eigenvalue weighted by Crippen LogP contribution is 2.29. The lowest BCUT2D eigenvalue weighted by atomic mass is 10.2. The minimum absolute atomic E-state index is 0.0568. The Morgan fingerprint density at radius 1 is 1.41 bits per heavy atom. The van der Waals surface area contributed by atoms with Crippen molar-refractivity contribution in [2.75, 3.05) is 11.6 Å². The van der Waals surface area contributed by atoms with E-state index in [9.17, 15) is 14.3 Å². The molecule has 3 aromatic rings. The molecule has 0 bridgehead atoms. The third kappa shape index (κ3) is 2.50. The summed E-state index contributed by atoms with van der Waals surface area (Å²) < 4.78 is 15.8. The summed E-state index contributed by atoms with van der Waals surface area (Å²) in [5, 5.41) is 12.2. The van der Waals surface area contributed by atoms with Gasteiger partial charge in [0.25, 0.3) is 0 Å². The third-order valence-electron chi connectivity index (χ3n) is 3.26. The van der Waals surface area contributed by atoms with E-state index in [-0.39, 0.29) is 11.3 Å². The number of carboxylic acids is 1. The van der Waals surface area contributed by atoms with Crippen LogP contribution >= 0.6 is 11.8 Å². The highest BCUT2D eigenvalue weighted by molar-refractivity contribution is 7.98. The predicted octanol–water partition coefficient (Wildman–Crippen LogP) is 3.64. The summed E-state index contributed by atoms with van der Waals surface area (Å²) in [5.74, 6) is -1.53. The molecule has 112 valence electrons. The first-order chi connectivity index (χ1) is 10.6. The van der Waals surface area contributed by atoms with E-state index in [1.54, 1.807) is 29.1 Å². The van der Waals surface area contributed by atoms with Crippen LogP contribution in [0.4, 0.5) is 15.8 Å². The van der Waals surface area contributed by atoms with Gasteiger partial charge in [0.15, 0.2) is 0 Å². The van der Waals surface area contributed by atoms with Gasteiger partial charge in [-0.3, -0.25) is 0 Å². The highest BCUT2D eigenvalue weighted by Gasteiger charge is 2.16. The Bertz CT molecular complexity index is 863. The van der Waals surface area contributed by atoms with Crippen LogP contribution in [0.25, 0.3) is 5.52 Å². The fraction of sp³-hybridized carbons (Fsp3) is 0.0667. The quantitative estimate of drug-likeness (QED) is 0.719. The molecule has 0 saturated heterocycles. The Labute approximate surface area is 129 Å². The molecule has 0 spiro atoms. The first-order valence-electron chi connectivity index (χ1n) is 6.38. The Balaban J connectivity index is 2.11. The molecule has 0 amide bonds. The maximum atomic E-state index is 14.1. The number of hydrogen-bond donors (Lipinski definition) is 2. The molecule has 5 nitrogen and oxygen atoms in total. The van der Waals surface area contributed by atoms with Crippen molar-refractivity contribution in [1.29, 1.82) is 0 Å². The Morgan fingerprint density at radius 3 is 2.91 bits per heavy atom. The SMILES string of the molecule is CSc1ccc(Nc2c(C(=O)O)ccn3cncc23)c(F)c1.